The Kier molecular flexibility index (Phi) is 3.13. The van der Waals surface area contributed by atoms with E-state index in [0.717, 1.165) is 0 Å². The van der Waals surface area contributed by atoms with Gasteiger partial charge in [-0.1, -0.05) is 30.7 Å². The highest BCUT2D eigenvalue weighted by molar-refractivity contribution is 6.30. The first-order valence-corrected chi connectivity index (χ1v) is 4.71. The summed E-state index contributed by atoms with van der Waals surface area (Å²) in [6.07, 6.45) is 0.371. The number of carboxylic acids is 1. The molecule has 76 valence electrons. The van der Waals surface area contributed by atoms with Gasteiger partial charge in [0.05, 0.1) is 0 Å². The second-order valence-corrected chi connectivity index (χ2v) is 3.67. The third kappa shape index (κ3) is 1.89. The van der Waals surface area contributed by atoms with Gasteiger partial charge in [0.1, 0.15) is 5.97 Å². The average molecular weight is 214 g/mol. The molecule has 3 N–H and O–H groups in total. The Labute approximate surface area is 87.5 Å². The topological polar surface area (TPSA) is 67.8 Å². The predicted octanol–water partition coefficient (Wildman–Crippen LogP) is -0.0629. The lowest BCUT2D eigenvalue weighted by atomic mass is 9.88. The summed E-state index contributed by atoms with van der Waals surface area (Å²) >= 11 is 5.77. The van der Waals surface area contributed by atoms with E-state index in [2.05, 4.69) is 5.73 Å². The Bertz CT molecular complexity index is 354. The number of carbonyl (C=O) groups is 1. The molecule has 14 heavy (non-hydrogen) atoms. The Balaban J connectivity index is 3.19. The molecule has 0 bridgehead atoms. The van der Waals surface area contributed by atoms with Crippen molar-refractivity contribution in [2.24, 2.45) is 0 Å². The molecule has 1 atom stereocenters. The summed E-state index contributed by atoms with van der Waals surface area (Å²) in [5.41, 5.74) is 3.05. The molecule has 0 amide bonds. The molecule has 0 fully saturated rings. The molecule has 0 aliphatic carbocycles. The van der Waals surface area contributed by atoms with Gasteiger partial charge in [-0.3, -0.25) is 0 Å². The molecule has 0 saturated carbocycles. The van der Waals surface area contributed by atoms with Gasteiger partial charge in [-0.25, -0.2) is 0 Å². The molecular weight excluding hydrogens is 202 g/mol. The number of carboxylic acid groups (broad SMARTS) is 1. The molecule has 1 aromatic carbocycles. The van der Waals surface area contributed by atoms with Crippen LogP contribution in [0.25, 0.3) is 0 Å². The van der Waals surface area contributed by atoms with Crippen LogP contribution in [-0.4, -0.2) is 5.97 Å². The van der Waals surface area contributed by atoms with Crippen LogP contribution in [0.3, 0.4) is 0 Å². The minimum absolute atomic E-state index is 0.371. The molecule has 0 aromatic heterocycles. The molecule has 1 aromatic rings. The standard InChI is InChI=1S/C10H12ClNO2/c1-2-10(12,9(13)14)7-4-3-5-8(11)6-7/h3-6H,2,12H2,1H3,(H,13,14)/t10-/m0/s1. The summed E-state index contributed by atoms with van der Waals surface area (Å²) in [5, 5.41) is 11.5. The van der Waals surface area contributed by atoms with E-state index < -0.39 is 11.5 Å². The van der Waals surface area contributed by atoms with E-state index in [-0.39, 0.29) is 0 Å². The summed E-state index contributed by atoms with van der Waals surface area (Å²) in [7, 11) is 0. The van der Waals surface area contributed by atoms with Crippen molar-refractivity contribution >= 4 is 17.6 Å². The van der Waals surface area contributed by atoms with Gasteiger partial charge >= 0.3 is 0 Å². The molecule has 0 radical (unpaired) electrons. The van der Waals surface area contributed by atoms with Crippen molar-refractivity contribution in [2.75, 3.05) is 0 Å². The largest absolute Gasteiger partial charge is 0.543 e. The van der Waals surface area contributed by atoms with E-state index in [1.807, 2.05) is 0 Å². The fraction of sp³-hybridized carbons (Fsp3) is 0.300. The fourth-order valence-corrected chi connectivity index (χ4v) is 1.44. The van der Waals surface area contributed by atoms with E-state index in [4.69, 9.17) is 11.6 Å². The van der Waals surface area contributed by atoms with E-state index in [0.29, 0.717) is 17.0 Å². The molecule has 1 rings (SSSR count). The van der Waals surface area contributed by atoms with Crippen LogP contribution in [0.4, 0.5) is 0 Å². The summed E-state index contributed by atoms with van der Waals surface area (Å²) in [6.45, 7) is 1.75. The second-order valence-electron chi connectivity index (χ2n) is 3.23. The Morgan fingerprint density at radius 3 is 2.71 bits per heavy atom. The third-order valence-corrected chi connectivity index (χ3v) is 2.61. The van der Waals surface area contributed by atoms with Crippen LogP contribution in [0.1, 0.15) is 18.9 Å². The maximum absolute atomic E-state index is 10.9. The lowest BCUT2D eigenvalue weighted by Gasteiger charge is -2.25. The predicted molar refractivity (Wildman–Crippen MR) is 51.3 cm³/mol. The first-order valence-electron chi connectivity index (χ1n) is 4.33. The third-order valence-electron chi connectivity index (χ3n) is 2.37. The zero-order valence-corrected chi connectivity index (χ0v) is 8.67. The molecule has 4 heteroatoms. The van der Waals surface area contributed by atoms with Gasteiger partial charge < -0.3 is 15.6 Å². The lowest BCUT2D eigenvalue weighted by Crippen LogP contribution is -2.76. The number of aliphatic carboxylic acids is 1. The molecule has 3 nitrogen and oxygen atoms in total. The maximum atomic E-state index is 10.9. The normalized spacial score (nSPS) is 14.8. The zero-order valence-electron chi connectivity index (χ0n) is 7.92. The smallest absolute Gasteiger partial charge is 0.160 e. The van der Waals surface area contributed by atoms with Crippen molar-refractivity contribution in [2.45, 2.75) is 18.9 Å². The van der Waals surface area contributed by atoms with Crippen LogP contribution in [-0.2, 0) is 10.3 Å². The molecule has 0 spiro atoms. The highest BCUT2D eigenvalue weighted by Gasteiger charge is 2.31. The molecule has 0 saturated heterocycles. The van der Waals surface area contributed by atoms with E-state index >= 15 is 0 Å². The minimum atomic E-state index is -1.20. The van der Waals surface area contributed by atoms with Crippen molar-refractivity contribution in [1.82, 2.24) is 0 Å². The highest BCUT2D eigenvalue weighted by atomic mass is 35.5. The quantitative estimate of drug-likeness (QED) is 0.764. The molecular formula is C10H12ClNO2. The fourth-order valence-electron chi connectivity index (χ4n) is 1.25. The van der Waals surface area contributed by atoms with E-state index in [1.54, 1.807) is 31.2 Å². The van der Waals surface area contributed by atoms with Crippen LogP contribution in [0.2, 0.25) is 5.02 Å². The number of hydrogen-bond donors (Lipinski definition) is 1. The van der Waals surface area contributed by atoms with Crippen LogP contribution >= 0.6 is 11.6 Å². The highest BCUT2D eigenvalue weighted by Crippen LogP contribution is 2.22. The number of benzene rings is 1. The Morgan fingerprint density at radius 2 is 2.29 bits per heavy atom. The number of quaternary nitrogens is 1. The van der Waals surface area contributed by atoms with Gasteiger partial charge in [-0.05, 0) is 12.1 Å². The second kappa shape index (κ2) is 3.98. The maximum Gasteiger partial charge on any atom is 0.160 e. The monoisotopic (exact) mass is 213 g/mol. The number of halogens is 1. The van der Waals surface area contributed by atoms with Crippen molar-refractivity contribution < 1.29 is 15.6 Å². The van der Waals surface area contributed by atoms with Gasteiger partial charge in [0.2, 0.25) is 0 Å². The number of rotatable bonds is 3. The first-order chi connectivity index (χ1) is 6.50. The lowest BCUT2D eigenvalue weighted by molar-refractivity contribution is -0.495. The van der Waals surface area contributed by atoms with Gasteiger partial charge in [0.15, 0.2) is 5.54 Å². The van der Waals surface area contributed by atoms with Crippen molar-refractivity contribution in [1.29, 1.82) is 0 Å². The van der Waals surface area contributed by atoms with E-state index in [9.17, 15) is 9.90 Å². The summed E-state index contributed by atoms with van der Waals surface area (Å²) in [4.78, 5) is 10.9. The molecule has 0 unspecified atom stereocenters. The Hall–Kier alpha value is -1.06. The van der Waals surface area contributed by atoms with Crippen LogP contribution < -0.4 is 10.8 Å². The van der Waals surface area contributed by atoms with Crippen LogP contribution in [0, 0.1) is 0 Å². The van der Waals surface area contributed by atoms with Crippen LogP contribution in [0.5, 0.6) is 0 Å². The SMILES string of the molecule is CC[C@@]([NH3+])(C(=O)[O-])c1cccc(Cl)c1. The summed E-state index contributed by atoms with van der Waals surface area (Å²) in [5.74, 6) is -1.18. The molecule has 0 aliphatic rings. The minimum Gasteiger partial charge on any atom is -0.543 e. The summed E-state index contributed by atoms with van der Waals surface area (Å²) < 4.78 is 0. The number of hydrogen-bond acceptors (Lipinski definition) is 2. The zero-order chi connectivity index (χ0) is 10.8. The van der Waals surface area contributed by atoms with Crippen LogP contribution in [0.15, 0.2) is 24.3 Å². The van der Waals surface area contributed by atoms with Crippen molar-refractivity contribution in [3.63, 3.8) is 0 Å². The van der Waals surface area contributed by atoms with Crippen molar-refractivity contribution in [3.8, 4) is 0 Å². The first kappa shape index (κ1) is 11.0. The average Bonchev–Trinajstić information content (AvgIpc) is 2.16. The molecule has 0 heterocycles. The van der Waals surface area contributed by atoms with E-state index in [1.165, 1.54) is 0 Å². The Morgan fingerprint density at radius 1 is 1.64 bits per heavy atom. The van der Waals surface area contributed by atoms with Gasteiger partial charge in [0, 0.05) is 17.0 Å². The molecule has 0 aliphatic heterocycles. The summed E-state index contributed by atoms with van der Waals surface area (Å²) in [6, 6.07) is 6.69. The van der Waals surface area contributed by atoms with Gasteiger partial charge in [-0.2, -0.15) is 0 Å². The van der Waals surface area contributed by atoms with Crippen molar-refractivity contribution in [3.05, 3.63) is 34.9 Å². The van der Waals surface area contributed by atoms with Gasteiger partial charge in [-0.15, -0.1) is 0 Å². The van der Waals surface area contributed by atoms with Gasteiger partial charge in [0.25, 0.3) is 0 Å². The number of carbonyl (C=O) groups excluding carboxylic acids is 1.